The molecule has 10 heteroatoms. The van der Waals surface area contributed by atoms with Gasteiger partial charge in [-0.1, -0.05) is 0 Å². The van der Waals surface area contributed by atoms with Gasteiger partial charge in [-0.15, -0.1) is 0 Å². The van der Waals surface area contributed by atoms with Gasteiger partial charge in [-0.2, -0.15) is 0 Å². The second kappa shape index (κ2) is 8.03. The van der Waals surface area contributed by atoms with Crippen LogP contribution in [0.3, 0.4) is 0 Å². The molecule has 2 rings (SSSR count). The molecule has 1 aromatic rings. The van der Waals surface area contributed by atoms with Crippen LogP contribution in [0.5, 0.6) is 17.2 Å². The van der Waals surface area contributed by atoms with Crippen LogP contribution in [0.25, 0.3) is 0 Å². The van der Waals surface area contributed by atoms with Crippen LogP contribution in [-0.4, -0.2) is 65.3 Å². The summed E-state index contributed by atoms with van der Waals surface area (Å²) in [5, 5.41) is 2.62. The Kier molecular flexibility index (Phi) is 6.19. The number of carbonyl (C=O) groups excluding carboxylic acids is 2. The first-order chi connectivity index (χ1) is 12.6. The summed E-state index contributed by atoms with van der Waals surface area (Å²) < 4.78 is 43.7. The van der Waals surface area contributed by atoms with Gasteiger partial charge in [-0.05, 0) is 13.3 Å². The minimum atomic E-state index is -3.16. The quantitative estimate of drug-likeness (QED) is 0.659. The van der Waals surface area contributed by atoms with Crippen LogP contribution in [0.2, 0.25) is 0 Å². The van der Waals surface area contributed by atoms with E-state index < -0.39 is 33.9 Å². The molecule has 0 aliphatic carbocycles. The molecule has 0 aromatic heterocycles. The van der Waals surface area contributed by atoms with Gasteiger partial charge in [0.15, 0.2) is 27.9 Å². The smallest absolute Gasteiger partial charge is 0.342 e. The summed E-state index contributed by atoms with van der Waals surface area (Å²) in [5.41, 5.74) is -0.791. The fourth-order valence-corrected chi connectivity index (χ4v) is 4.97. The van der Waals surface area contributed by atoms with Gasteiger partial charge in [-0.3, -0.25) is 4.79 Å². The van der Waals surface area contributed by atoms with Gasteiger partial charge in [0.2, 0.25) is 0 Å². The second-order valence-corrected chi connectivity index (χ2v) is 8.62. The van der Waals surface area contributed by atoms with Gasteiger partial charge in [0.05, 0.1) is 38.4 Å². The van der Waals surface area contributed by atoms with Crippen molar-refractivity contribution in [3.63, 3.8) is 0 Å². The van der Waals surface area contributed by atoms with Crippen molar-refractivity contribution in [1.82, 2.24) is 5.32 Å². The highest BCUT2D eigenvalue weighted by atomic mass is 32.2. The number of amides is 1. The van der Waals surface area contributed by atoms with Crippen molar-refractivity contribution in [2.24, 2.45) is 0 Å². The Morgan fingerprint density at radius 1 is 1.07 bits per heavy atom. The van der Waals surface area contributed by atoms with E-state index in [2.05, 4.69) is 5.32 Å². The van der Waals surface area contributed by atoms with Crippen molar-refractivity contribution < 1.29 is 37.0 Å². The van der Waals surface area contributed by atoms with E-state index in [0.29, 0.717) is 17.9 Å². The van der Waals surface area contributed by atoms with E-state index in [4.69, 9.17) is 18.9 Å². The van der Waals surface area contributed by atoms with E-state index in [9.17, 15) is 18.0 Å². The summed E-state index contributed by atoms with van der Waals surface area (Å²) in [4.78, 5) is 24.4. The predicted molar refractivity (Wildman–Crippen MR) is 96.2 cm³/mol. The third kappa shape index (κ3) is 5.03. The number of benzene rings is 1. The molecular formula is C17H23NO8S. The lowest BCUT2D eigenvalue weighted by molar-refractivity contribution is -0.125. The highest BCUT2D eigenvalue weighted by molar-refractivity contribution is 7.91. The number of hydrogen-bond acceptors (Lipinski definition) is 8. The molecule has 0 bridgehead atoms. The molecule has 1 saturated heterocycles. The number of carbonyl (C=O) groups is 2. The maximum absolute atomic E-state index is 12.3. The summed E-state index contributed by atoms with van der Waals surface area (Å²) >= 11 is 0. The van der Waals surface area contributed by atoms with Crippen LogP contribution in [0.15, 0.2) is 12.1 Å². The lowest BCUT2D eigenvalue weighted by atomic mass is 10.0. The normalized spacial score (nSPS) is 20.6. The fraction of sp³-hybridized carbons (Fsp3) is 0.529. The van der Waals surface area contributed by atoms with Gasteiger partial charge in [0.1, 0.15) is 11.3 Å². The Hall–Kier alpha value is -2.49. The SMILES string of the molecule is COc1cc(OC)c(C(=O)OCC(=O)N[C@]2(C)CCS(=O)(=O)C2)cc1OC. The molecule has 0 radical (unpaired) electrons. The first-order valence-electron chi connectivity index (χ1n) is 8.11. The van der Waals surface area contributed by atoms with Crippen LogP contribution in [0, 0.1) is 0 Å². The van der Waals surface area contributed by atoms with E-state index in [-0.39, 0.29) is 22.8 Å². The lowest BCUT2D eigenvalue weighted by Gasteiger charge is -2.23. The zero-order chi connectivity index (χ0) is 20.2. The summed E-state index contributed by atoms with van der Waals surface area (Å²) in [6.07, 6.45) is 0.318. The average Bonchev–Trinajstić information content (AvgIpc) is 2.90. The Labute approximate surface area is 157 Å². The van der Waals surface area contributed by atoms with Crippen LogP contribution in [0.1, 0.15) is 23.7 Å². The number of rotatable bonds is 7. The summed E-state index contributed by atoms with van der Waals surface area (Å²) in [6, 6.07) is 2.86. The predicted octanol–water partition coefficient (Wildman–Crippen LogP) is 0.563. The number of sulfone groups is 1. The molecule has 0 saturated carbocycles. The zero-order valence-electron chi connectivity index (χ0n) is 15.7. The minimum absolute atomic E-state index is 0.0202. The summed E-state index contributed by atoms with van der Waals surface area (Å²) in [5.74, 6) is -0.603. The van der Waals surface area contributed by atoms with Gasteiger partial charge >= 0.3 is 5.97 Å². The monoisotopic (exact) mass is 401 g/mol. The number of esters is 1. The Morgan fingerprint density at radius 3 is 2.19 bits per heavy atom. The number of ether oxygens (including phenoxy) is 4. The maximum Gasteiger partial charge on any atom is 0.342 e. The molecular weight excluding hydrogens is 378 g/mol. The molecule has 27 heavy (non-hydrogen) atoms. The highest BCUT2D eigenvalue weighted by Crippen LogP contribution is 2.34. The Bertz CT molecular complexity index is 836. The third-order valence-electron chi connectivity index (χ3n) is 4.20. The first kappa shape index (κ1) is 20.8. The standard InChI is InChI=1S/C17H23NO8S/c1-17(5-6-27(21,22)10-17)18-15(19)9-26-16(20)11-7-13(24-3)14(25-4)8-12(11)23-2/h7-8H,5-6,9-10H2,1-4H3,(H,18,19)/t17-/m1/s1. The van der Waals surface area contributed by atoms with Crippen molar-refractivity contribution in [1.29, 1.82) is 0 Å². The van der Waals surface area contributed by atoms with E-state index in [1.54, 1.807) is 6.92 Å². The number of nitrogens with one attached hydrogen (secondary N) is 1. The largest absolute Gasteiger partial charge is 0.496 e. The van der Waals surface area contributed by atoms with Crippen LogP contribution >= 0.6 is 0 Å². The van der Waals surface area contributed by atoms with E-state index in [0.717, 1.165) is 0 Å². The van der Waals surface area contributed by atoms with E-state index >= 15 is 0 Å². The number of hydrogen-bond donors (Lipinski definition) is 1. The van der Waals surface area contributed by atoms with Crippen molar-refractivity contribution >= 4 is 21.7 Å². The van der Waals surface area contributed by atoms with Gasteiger partial charge in [0, 0.05) is 12.1 Å². The molecule has 1 aliphatic rings. The van der Waals surface area contributed by atoms with Gasteiger partial charge < -0.3 is 24.3 Å². The van der Waals surface area contributed by atoms with Crippen LogP contribution in [0.4, 0.5) is 0 Å². The number of methoxy groups -OCH3 is 3. The molecule has 1 N–H and O–H groups in total. The van der Waals surface area contributed by atoms with Crippen molar-refractivity contribution in [2.75, 3.05) is 39.4 Å². The molecule has 1 amide bonds. The van der Waals surface area contributed by atoms with Crippen molar-refractivity contribution in [3.05, 3.63) is 17.7 Å². The molecule has 150 valence electrons. The summed E-state index contributed by atoms with van der Waals surface area (Å²) in [6.45, 7) is 1.10. The minimum Gasteiger partial charge on any atom is -0.496 e. The maximum atomic E-state index is 12.3. The van der Waals surface area contributed by atoms with Crippen molar-refractivity contribution in [3.8, 4) is 17.2 Å². The topological polar surface area (TPSA) is 117 Å². The second-order valence-electron chi connectivity index (χ2n) is 6.43. The van der Waals surface area contributed by atoms with E-state index in [1.165, 1.54) is 33.5 Å². The van der Waals surface area contributed by atoms with Crippen molar-refractivity contribution in [2.45, 2.75) is 18.9 Å². The van der Waals surface area contributed by atoms with Gasteiger partial charge in [0.25, 0.3) is 5.91 Å². The van der Waals surface area contributed by atoms with E-state index in [1.807, 2.05) is 0 Å². The summed E-state index contributed by atoms with van der Waals surface area (Å²) in [7, 11) is 1.09. The van der Waals surface area contributed by atoms with Crippen LogP contribution in [-0.2, 0) is 19.4 Å². The highest BCUT2D eigenvalue weighted by Gasteiger charge is 2.39. The fourth-order valence-electron chi connectivity index (χ4n) is 2.88. The molecule has 1 aromatic carbocycles. The molecule has 0 unspecified atom stereocenters. The Morgan fingerprint density at radius 2 is 1.67 bits per heavy atom. The zero-order valence-corrected chi connectivity index (χ0v) is 16.5. The molecule has 0 spiro atoms. The van der Waals surface area contributed by atoms with Crippen LogP contribution < -0.4 is 19.5 Å². The average molecular weight is 401 g/mol. The third-order valence-corrected chi connectivity index (χ3v) is 6.11. The first-order valence-corrected chi connectivity index (χ1v) is 9.94. The lowest BCUT2D eigenvalue weighted by Crippen LogP contribution is -2.48. The van der Waals surface area contributed by atoms with Gasteiger partial charge in [-0.25, -0.2) is 13.2 Å². The molecule has 1 heterocycles. The molecule has 1 fully saturated rings. The molecule has 9 nitrogen and oxygen atoms in total. The molecule has 1 atom stereocenters. The molecule has 1 aliphatic heterocycles. The Balaban J connectivity index is 2.04.